The van der Waals surface area contributed by atoms with Gasteiger partial charge in [0.05, 0.1) is 40.9 Å². The summed E-state index contributed by atoms with van der Waals surface area (Å²) in [5.74, 6) is -0.346. The summed E-state index contributed by atoms with van der Waals surface area (Å²) in [4.78, 5) is 16.5. The zero-order valence-corrected chi connectivity index (χ0v) is 24.3. The highest BCUT2D eigenvalue weighted by atomic mass is 32.2. The molecule has 0 aliphatic rings. The van der Waals surface area contributed by atoms with E-state index in [0.29, 0.717) is 30.0 Å². The molecule has 0 saturated heterocycles. The van der Waals surface area contributed by atoms with Gasteiger partial charge in [-0.3, -0.25) is 4.72 Å². The van der Waals surface area contributed by atoms with Gasteiger partial charge in [0, 0.05) is 36.0 Å². The summed E-state index contributed by atoms with van der Waals surface area (Å²) >= 11 is 0. The molecule has 9 nitrogen and oxygen atoms in total. The number of carbonyl (C=O) groups is 1. The van der Waals surface area contributed by atoms with E-state index in [1.807, 2.05) is 22.9 Å². The Bertz CT molecular complexity index is 1550. The van der Waals surface area contributed by atoms with Crippen LogP contribution in [0.2, 0.25) is 0 Å². The second-order valence-electron chi connectivity index (χ2n) is 10.3. The Balaban J connectivity index is 1.33. The summed E-state index contributed by atoms with van der Waals surface area (Å²) in [6, 6.07) is 22.1. The molecule has 4 rings (SSSR count). The number of ether oxygens (including phenoxy) is 1. The molecule has 0 aliphatic heterocycles. The Labute approximate surface area is 241 Å². The van der Waals surface area contributed by atoms with E-state index in [9.17, 15) is 18.3 Å². The highest BCUT2D eigenvalue weighted by Crippen LogP contribution is 2.26. The molecule has 0 saturated carbocycles. The monoisotopic (exact) mass is 576 g/mol. The van der Waals surface area contributed by atoms with Crippen molar-refractivity contribution in [2.24, 2.45) is 0 Å². The number of β-amino-alcohol motifs (C(OH)–C–C–N with tert-alkyl or cyclic N) is 1. The minimum absolute atomic E-state index is 0.153. The lowest BCUT2D eigenvalue weighted by Crippen LogP contribution is -2.42. The molecule has 10 heteroatoms. The van der Waals surface area contributed by atoms with Crippen molar-refractivity contribution in [3.63, 3.8) is 0 Å². The highest BCUT2D eigenvalue weighted by molar-refractivity contribution is 7.92. The predicted octanol–water partition coefficient (Wildman–Crippen LogP) is 5.02. The predicted molar refractivity (Wildman–Crippen MR) is 159 cm³/mol. The molecule has 4 aromatic rings. The van der Waals surface area contributed by atoms with E-state index in [4.69, 9.17) is 4.74 Å². The van der Waals surface area contributed by atoms with Gasteiger partial charge in [-0.1, -0.05) is 48.5 Å². The molecule has 3 aromatic carbocycles. The van der Waals surface area contributed by atoms with Crippen LogP contribution in [0.3, 0.4) is 0 Å². The second kappa shape index (κ2) is 13.1. The summed E-state index contributed by atoms with van der Waals surface area (Å²) in [6.07, 6.45) is 3.55. The van der Waals surface area contributed by atoms with Gasteiger partial charge in [-0.05, 0) is 57.5 Å². The fourth-order valence-electron chi connectivity index (χ4n) is 4.29. The normalized spacial score (nSPS) is 12.6. The zero-order valence-electron chi connectivity index (χ0n) is 23.4. The topological polar surface area (TPSA) is 123 Å². The van der Waals surface area contributed by atoms with Crippen LogP contribution in [0.4, 0.5) is 5.69 Å². The molecule has 0 aliphatic carbocycles. The molecule has 0 fully saturated rings. The molecule has 0 bridgehead atoms. The van der Waals surface area contributed by atoms with Crippen molar-refractivity contribution in [3.05, 3.63) is 103 Å². The third kappa shape index (κ3) is 8.03. The van der Waals surface area contributed by atoms with Gasteiger partial charge in [0.1, 0.15) is 0 Å². The van der Waals surface area contributed by atoms with Gasteiger partial charge in [0.2, 0.25) is 0 Å². The van der Waals surface area contributed by atoms with Crippen LogP contribution in [0, 0.1) is 0 Å². The molecule has 1 heterocycles. The molecule has 1 unspecified atom stereocenters. The Morgan fingerprint density at radius 1 is 1.02 bits per heavy atom. The van der Waals surface area contributed by atoms with Gasteiger partial charge in [-0.25, -0.2) is 18.2 Å². The van der Waals surface area contributed by atoms with Crippen LogP contribution >= 0.6 is 0 Å². The number of anilines is 1. The lowest BCUT2D eigenvalue weighted by atomic mass is 9.99. The van der Waals surface area contributed by atoms with Crippen molar-refractivity contribution in [1.29, 1.82) is 0 Å². The van der Waals surface area contributed by atoms with E-state index >= 15 is 0 Å². The first-order chi connectivity index (χ1) is 19.6. The summed E-state index contributed by atoms with van der Waals surface area (Å²) in [7, 11) is -3.79. The number of sulfonamides is 1. The number of nitrogens with one attached hydrogen (secondary N) is 2. The maximum atomic E-state index is 12.8. The van der Waals surface area contributed by atoms with E-state index in [1.54, 1.807) is 67.8 Å². The minimum atomic E-state index is -3.79. The zero-order chi connectivity index (χ0) is 29.5. The van der Waals surface area contributed by atoms with Crippen molar-refractivity contribution in [2.45, 2.75) is 50.3 Å². The highest BCUT2D eigenvalue weighted by Gasteiger charge is 2.22. The third-order valence-corrected chi connectivity index (χ3v) is 8.09. The first kappa shape index (κ1) is 30.0. The average molecular weight is 577 g/mol. The number of imidazole rings is 1. The molecule has 0 spiro atoms. The van der Waals surface area contributed by atoms with Crippen LogP contribution in [0.25, 0.3) is 11.3 Å². The number of aryl methyl sites for hydroxylation is 1. The molecule has 3 N–H and O–H groups in total. The number of rotatable bonds is 13. The summed E-state index contributed by atoms with van der Waals surface area (Å²) in [5, 5.41) is 14.4. The maximum Gasteiger partial charge on any atom is 0.338 e. The molecule has 1 aromatic heterocycles. The van der Waals surface area contributed by atoms with Crippen molar-refractivity contribution in [1.82, 2.24) is 14.9 Å². The van der Waals surface area contributed by atoms with Gasteiger partial charge in [0.15, 0.2) is 0 Å². The quantitative estimate of drug-likeness (QED) is 0.191. The summed E-state index contributed by atoms with van der Waals surface area (Å²) in [5.41, 5.74) is 2.70. The summed E-state index contributed by atoms with van der Waals surface area (Å²) < 4.78 is 35.3. The van der Waals surface area contributed by atoms with Crippen molar-refractivity contribution in [2.75, 3.05) is 17.9 Å². The molecular formula is C31H36N4O5S. The minimum Gasteiger partial charge on any atom is -0.462 e. The standard InChI is InChI=1S/C31H36N4O5S/c1-4-40-30(37)24-16-14-23(15-17-24)28-21-35(22-32-28)19-18-31(2,3)33-20-29(36)26-12-8-9-13-27(26)34-41(38,39)25-10-6-5-7-11-25/h5-17,21-22,29,33-34,36H,4,18-20H2,1-3H3. The van der Waals surface area contributed by atoms with Crippen LogP contribution in [0.15, 0.2) is 96.3 Å². The van der Waals surface area contributed by atoms with Gasteiger partial charge >= 0.3 is 5.97 Å². The number of nitrogens with zero attached hydrogens (tertiary/aromatic N) is 2. The van der Waals surface area contributed by atoms with E-state index in [2.05, 4.69) is 28.9 Å². The second-order valence-corrected chi connectivity index (χ2v) is 12.0. The first-order valence-corrected chi connectivity index (χ1v) is 15.0. The van der Waals surface area contributed by atoms with Crippen LogP contribution in [0.5, 0.6) is 0 Å². The Hall–Kier alpha value is -3.99. The van der Waals surface area contributed by atoms with Gasteiger partial charge in [-0.2, -0.15) is 0 Å². The molecule has 0 radical (unpaired) electrons. The Kier molecular flexibility index (Phi) is 9.59. The van der Waals surface area contributed by atoms with Crippen LogP contribution in [-0.2, 0) is 21.3 Å². The van der Waals surface area contributed by atoms with Gasteiger partial charge in [-0.15, -0.1) is 0 Å². The van der Waals surface area contributed by atoms with Gasteiger partial charge < -0.3 is 19.7 Å². The number of esters is 1. The number of aliphatic hydroxyl groups excluding tert-OH is 1. The number of hydrogen-bond acceptors (Lipinski definition) is 7. The number of aromatic nitrogens is 2. The van der Waals surface area contributed by atoms with E-state index in [0.717, 1.165) is 17.7 Å². The maximum absolute atomic E-state index is 12.8. The lowest BCUT2D eigenvalue weighted by Gasteiger charge is -2.28. The average Bonchev–Trinajstić information content (AvgIpc) is 3.45. The lowest BCUT2D eigenvalue weighted by molar-refractivity contribution is 0.0526. The number of para-hydroxylation sites is 1. The molecular weight excluding hydrogens is 540 g/mol. The fourth-order valence-corrected chi connectivity index (χ4v) is 5.40. The smallest absolute Gasteiger partial charge is 0.338 e. The van der Waals surface area contributed by atoms with Crippen molar-refractivity contribution in [3.8, 4) is 11.3 Å². The molecule has 0 amide bonds. The van der Waals surface area contributed by atoms with Crippen molar-refractivity contribution >= 4 is 21.7 Å². The molecule has 41 heavy (non-hydrogen) atoms. The SMILES string of the molecule is CCOC(=O)c1ccc(-c2cn(CCC(C)(C)NCC(O)c3ccccc3NS(=O)(=O)c3ccccc3)cn2)cc1. The number of aliphatic hydroxyl groups is 1. The number of benzene rings is 3. The van der Waals surface area contributed by atoms with Crippen LogP contribution < -0.4 is 10.0 Å². The van der Waals surface area contributed by atoms with Crippen LogP contribution in [-0.4, -0.2) is 47.7 Å². The van der Waals surface area contributed by atoms with E-state index in [-0.39, 0.29) is 22.9 Å². The van der Waals surface area contributed by atoms with E-state index < -0.39 is 16.1 Å². The van der Waals surface area contributed by atoms with E-state index in [1.165, 1.54) is 12.1 Å². The first-order valence-electron chi connectivity index (χ1n) is 13.5. The molecule has 216 valence electrons. The van der Waals surface area contributed by atoms with Crippen molar-refractivity contribution < 1.29 is 23.1 Å². The van der Waals surface area contributed by atoms with Crippen LogP contribution in [0.1, 0.15) is 49.2 Å². The van der Waals surface area contributed by atoms with Gasteiger partial charge in [0.25, 0.3) is 10.0 Å². The number of hydrogen-bond donors (Lipinski definition) is 3. The summed E-state index contributed by atoms with van der Waals surface area (Å²) in [6.45, 7) is 7.14. The third-order valence-electron chi connectivity index (χ3n) is 6.71. The molecule has 1 atom stereocenters. The largest absolute Gasteiger partial charge is 0.462 e. The Morgan fingerprint density at radius 3 is 2.41 bits per heavy atom. The Morgan fingerprint density at radius 2 is 1.71 bits per heavy atom. The fraction of sp³-hybridized carbons (Fsp3) is 0.290. The number of carbonyl (C=O) groups excluding carboxylic acids is 1.